The van der Waals surface area contributed by atoms with Gasteiger partial charge in [0.2, 0.25) is 10.0 Å². The number of aromatic nitrogens is 2. The molecular formula is C19H17FN4O3S. The molecule has 1 heterocycles. The lowest BCUT2D eigenvalue weighted by molar-refractivity contribution is 0.386. The van der Waals surface area contributed by atoms with Crippen LogP contribution in [0.4, 0.5) is 4.39 Å². The van der Waals surface area contributed by atoms with Crippen LogP contribution in [0.25, 0.3) is 22.4 Å². The molecule has 0 saturated carbocycles. The molecule has 1 aromatic heterocycles. The molecule has 0 bridgehead atoms. The van der Waals surface area contributed by atoms with Gasteiger partial charge >= 0.3 is 0 Å². The Bertz CT molecular complexity index is 1200. The molecule has 0 aliphatic rings. The number of hydrogen-bond donors (Lipinski definition) is 1. The van der Waals surface area contributed by atoms with Crippen molar-refractivity contribution in [3.05, 3.63) is 54.0 Å². The van der Waals surface area contributed by atoms with E-state index in [2.05, 4.69) is 5.10 Å². The molecule has 0 fully saturated rings. The quantitative estimate of drug-likeness (QED) is 0.708. The second-order valence-electron chi connectivity index (χ2n) is 6.02. The molecule has 0 saturated heterocycles. The highest BCUT2D eigenvalue weighted by molar-refractivity contribution is 7.89. The average molecular weight is 400 g/mol. The number of hydrogen-bond acceptors (Lipinski definition) is 5. The highest BCUT2D eigenvalue weighted by Gasteiger charge is 2.24. The van der Waals surface area contributed by atoms with Gasteiger partial charge in [0.15, 0.2) is 11.6 Å². The van der Waals surface area contributed by atoms with E-state index in [0.29, 0.717) is 22.5 Å². The van der Waals surface area contributed by atoms with Gasteiger partial charge in [0.25, 0.3) is 0 Å². The highest BCUT2D eigenvalue weighted by Crippen LogP contribution is 2.38. The van der Waals surface area contributed by atoms with Crippen LogP contribution in [0.2, 0.25) is 0 Å². The summed E-state index contributed by atoms with van der Waals surface area (Å²) in [6.07, 6.45) is 0. The zero-order chi connectivity index (χ0) is 20.5. The van der Waals surface area contributed by atoms with Crippen LogP contribution < -0.4 is 9.88 Å². The summed E-state index contributed by atoms with van der Waals surface area (Å²) < 4.78 is 44.8. The number of methoxy groups -OCH3 is 1. The van der Waals surface area contributed by atoms with Crippen LogP contribution >= 0.6 is 0 Å². The molecule has 0 atom stereocenters. The van der Waals surface area contributed by atoms with Crippen molar-refractivity contribution in [1.82, 2.24) is 9.78 Å². The Morgan fingerprint density at radius 3 is 2.61 bits per heavy atom. The third-order valence-corrected chi connectivity index (χ3v) is 5.29. The minimum Gasteiger partial charge on any atom is -0.494 e. The van der Waals surface area contributed by atoms with Gasteiger partial charge in [-0.25, -0.2) is 17.9 Å². The van der Waals surface area contributed by atoms with Crippen molar-refractivity contribution in [1.29, 1.82) is 5.26 Å². The molecule has 0 aliphatic heterocycles. The second-order valence-corrected chi connectivity index (χ2v) is 7.55. The van der Waals surface area contributed by atoms with Crippen LogP contribution in [0.15, 0.2) is 47.4 Å². The van der Waals surface area contributed by atoms with E-state index in [-0.39, 0.29) is 22.8 Å². The van der Waals surface area contributed by atoms with E-state index in [1.165, 1.54) is 30.0 Å². The van der Waals surface area contributed by atoms with E-state index in [1.807, 2.05) is 6.07 Å². The largest absolute Gasteiger partial charge is 0.494 e. The summed E-state index contributed by atoms with van der Waals surface area (Å²) in [6, 6.07) is 12.6. The smallest absolute Gasteiger partial charge is 0.238 e. The standard InChI is InChI=1S/C19H17FN4O3S/c1-12-18(13-7-8-16(27-2)15(20)11-13)19(23-24(12)10-9-21)14-5-3-4-6-17(14)28(22,25)26/h3-8,11H,10H2,1-2H3,(H2,22,25,26). The van der Waals surface area contributed by atoms with Crippen molar-refractivity contribution in [3.63, 3.8) is 0 Å². The average Bonchev–Trinajstić information content (AvgIpc) is 2.97. The summed E-state index contributed by atoms with van der Waals surface area (Å²) in [6.45, 7) is 1.68. The number of sulfonamides is 1. The SMILES string of the molecule is COc1ccc(-c2c(-c3ccccc3S(N)(=O)=O)nn(CC#N)c2C)cc1F. The third-order valence-electron chi connectivity index (χ3n) is 4.32. The maximum atomic E-state index is 14.3. The molecule has 3 rings (SSSR count). The summed E-state index contributed by atoms with van der Waals surface area (Å²) in [5.74, 6) is -0.490. The summed E-state index contributed by atoms with van der Waals surface area (Å²) in [7, 11) is -2.66. The number of primary sulfonamides is 1. The van der Waals surface area contributed by atoms with Gasteiger partial charge in [0.1, 0.15) is 12.2 Å². The zero-order valence-corrected chi connectivity index (χ0v) is 16.0. The van der Waals surface area contributed by atoms with Crippen LogP contribution in [0.3, 0.4) is 0 Å². The van der Waals surface area contributed by atoms with E-state index in [1.54, 1.807) is 31.2 Å². The lowest BCUT2D eigenvalue weighted by Crippen LogP contribution is -2.13. The summed E-state index contributed by atoms with van der Waals surface area (Å²) in [5.41, 5.74) is 2.13. The fraction of sp³-hybridized carbons (Fsp3) is 0.158. The van der Waals surface area contributed by atoms with E-state index in [0.717, 1.165) is 0 Å². The van der Waals surface area contributed by atoms with E-state index >= 15 is 0 Å². The van der Waals surface area contributed by atoms with Crippen LogP contribution in [0.1, 0.15) is 5.69 Å². The Morgan fingerprint density at radius 1 is 1.29 bits per heavy atom. The topological polar surface area (TPSA) is 111 Å². The first-order valence-electron chi connectivity index (χ1n) is 8.18. The van der Waals surface area contributed by atoms with Crippen molar-refractivity contribution in [3.8, 4) is 34.2 Å². The predicted molar refractivity (Wildman–Crippen MR) is 101 cm³/mol. The number of halogens is 1. The Balaban J connectivity index is 2.34. The van der Waals surface area contributed by atoms with Crippen LogP contribution in [-0.2, 0) is 16.6 Å². The zero-order valence-electron chi connectivity index (χ0n) is 15.2. The van der Waals surface area contributed by atoms with E-state index in [9.17, 15) is 12.8 Å². The molecule has 9 heteroatoms. The number of nitriles is 1. The summed E-state index contributed by atoms with van der Waals surface area (Å²) >= 11 is 0. The Kier molecular flexibility index (Phi) is 5.18. The van der Waals surface area contributed by atoms with Crippen LogP contribution in [0.5, 0.6) is 5.75 Å². The first kappa shape index (κ1) is 19.5. The minimum atomic E-state index is -4.02. The summed E-state index contributed by atoms with van der Waals surface area (Å²) in [4.78, 5) is -0.105. The predicted octanol–water partition coefficient (Wildman–Crippen LogP) is 2.84. The fourth-order valence-corrected chi connectivity index (χ4v) is 3.77. The van der Waals surface area contributed by atoms with Crippen molar-refractivity contribution < 1.29 is 17.5 Å². The molecule has 3 aromatic rings. The molecular weight excluding hydrogens is 383 g/mol. The highest BCUT2D eigenvalue weighted by atomic mass is 32.2. The second kappa shape index (κ2) is 7.42. The van der Waals surface area contributed by atoms with Crippen LogP contribution in [-0.4, -0.2) is 25.3 Å². The van der Waals surface area contributed by atoms with Gasteiger partial charge in [-0.1, -0.05) is 24.3 Å². The fourth-order valence-electron chi connectivity index (χ4n) is 3.03. The maximum absolute atomic E-state index is 14.3. The monoisotopic (exact) mass is 400 g/mol. The van der Waals surface area contributed by atoms with Gasteiger partial charge in [-0.3, -0.25) is 4.68 Å². The molecule has 28 heavy (non-hydrogen) atoms. The Hall–Kier alpha value is -3.22. The van der Waals surface area contributed by atoms with Gasteiger partial charge in [0, 0.05) is 16.8 Å². The minimum absolute atomic E-state index is 0.0466. The van der Waals surface area contributed by atoms with Crippen molar-refractivity contribution in [2.24, 2.45) is 5.14 Å². The molecule has 0 radical (unpaired) electrons. The molecule has 0 aliphatic carbocycles. The van der Waals surface area contributed by atoms with Crippen molar-refractivity contribution in [2.75, 3.05) is 7.11 Å². The lowest BCUT2D eigenvalue weighted by atomic mass is 9.99. The number of benzene rings is 2. The summed E-state index contributed by atoms with van der Waals surface area (Å²) in [5, 5.41) is 18.8. The Labute approximate surface area is 161 Å². The molecule has 144 valence electrons. The van der Waals surface area contributed by atoms with Crippen molar-refractivity contribution >= 4 is 10.0 Å². The first-order valence-corrected chi connectivity index (χ1v) is 9.73. The molecule has 0 spiro atoms. The van der Waals surface area contributed by atoms with Gasteiger partial charge in [-0.05, 0) is 30.7 Å². The maximum Gasteiger partial charge on any atom is 0.238 e. The molecule has 0 unspecified atom stereocenters. The van der Waals surface area contributed by atoms with Gasteiger partial charge in [-0.15, -0.1) is 0 Å². The number of nitrogens with zero attached hydrogens (tertiary/aromatic N) is 3. The number of rotatable bonds is 5. The van der Waals surface area contributed by atoms with E-state index < -0.39 is 15.8 Å². The normalized spacial score (nSPS) is 11.2. The van der Waals surface area contributed by atoms with E-state index in [4.69, 9.17) is 15.1 Å². The Morgan fingerprint density at radius 2 is 2.00 bits per heavy atom. The number of nitrogens with two attached hydrogens (primary N) is 1. The number of ether oxygens (including phenoxy) is 1. The molecule has 2 N–H and O–H groups in total. The van der Waals surface area contributed by atoms with Crippen LogP contribution in [0, 0.1) is 24.1 Å². The molecule has 7 nitrogen and oxygen atoms in total. The molecule has 0 amide bonds. The van der Waals surface area contributed by atoms with Gasteiger partial charge in [-0.2, -0.15) is 10.4 Å². The van der Waals surface area contributed by atoms with Gasteiger partial charge in [0.05, 0.1) is 18.1 Å². The molecule has 2 aromatic carbocycles. The third kappa shape index (κ3) is 3.47. The lowest BCUT2D eigenvalue weighted by Gasteiger charge is -2.10. The van der Waals surface area contributed by atoms with Crippen molar-refractivity contribution in [2.45, 2.75) is 18.4 Å². The first-order chi connectivity index (χ1) is 13.3. The van der Waals surface area contributed by atoms with Gasteiger partial charge < -0.3 is 4.74 Å².